The normalized spacial score (nSPS) is 12.3. The van der Waals surface area contributed by atoms with Gasteiger partial charge in [-0.2, -0.15) is 0 Å². The van der Waals surface area contributed by atoms with Crippen molar-refractivity contribution in [1.29, 1.82) is 0 Å². The van der Waals surface area contributed by atoms with Gasteiger partial charge in [-0.1, -0.05) is 29.0 Å². The van der Waals surface area contributed by atoms with Crippen molar-refractivity contribution >= 4 is 36.0 Å². The van der Waals surface area contributed by atoms with Crippen molar-refractivity contribution in [2.75, 3.05) is 24.2 Å². The van der Waals surface area contributed by atoms with Gasteiger partial charge in [-0.3, -0.25) is 0 Å². The molecule has 0 spiro atoms. The summed E-state index contributed by atoms with van der Waals surface area (Å²) in [6.45, 7) is 6.73. The van der Waals surface area contributed by atoms with Gasteiger partial charge in [0.25, 0.3) is 0 Å². The second kappa shape index (κ2) is 6.81. The van der Waals surface area contributed by atoms with Gasteiger partial charge in [0.05, 0.1) is 4.90 Å². The molecule has 1 aromatic heterocycles. The Morgan fingerprint density at radius 3 is 2.04 bits per heavy atom. The maximum Gasteiger partial charge on any atom is 0.226 e. The maximum absolute atomic E-state index is 13.0. The van der Waals surface area contributed by atoms with Crippen molar-refractivity contribution in [2.24, 2.45) is 0 Å². The predicted molar refractivity (Wildman–Crippen MR) is 95.4 cm³/mol. The third-order valence-electron chi connectivity index (χ3n) is 3.51. The highest BCUT2D eigenvalue weighted by molar-refractivity contribution is 7.93. The Morgan fingerprint density at radius 2 is 1.58 bits per heavy atom. The fourth-order valence-electron chi connectivity index (χ4n) is 2.15. The van der Waals surface area contributed by atoms with Crippen LogP contribution in [0.1, 0.15) is 19.4 Å². The predicted octanol–water partition coefficient (Wildman–Crippen LogP) is 2.53. The molecule has 0 atom stereocenters. The molecule has 0 amide bonds. The smallest absolute Gasteiger partial charge is 0.226 e. The van der Waals surface area contributed by atoms with Crippen LogP contribution in [0.15, 0.2) is 38.5 Å². The second-order valence-electron chi connectivity index (χ2n) is 5.35. The van der Waals surface area contributed by atoms with Crippen molar-refractivity contribution in [3.05, 3.63) is 29.8 Å². The molecule has 0 fully saturated rings. The number of benzene rings is 1. The van der Waals surface area contributed by atoms with Crippen molar-refractivity contribution < 1.29 is 16.8 Å². The molecule has 2 aromatic rings. The van der Waals surface area contributed by atoms with Crippen LogP contribution in [0.2, 0.25) is 0 Å². The zero-order valence-electron chi connectivity index (χ0n) is 14.0. The molecule has 0 aliphatic rings. The summed E-state index contributed by atoms with van der Waals surface area (Å²) in [5.74, 6) is 0. The average Bonchev–Trinajstić information content (AvgIpc) is 2.95. The van der Waals surface area contributed by atoms with E-state index in [2.05, 4.69) is 4.98 Å². The van der Waals surface area contributed by atoms with Gasteiger partial charge >= 0.3 is 0 Å². The summed E-state index contributed by atoms with van der Waals surface area (Å²) < 4.78 is 49.4. The zero-order chi connectivity index (χ0) is 18.1. The standard InChI is InChI=1S/C15H20N2O4S3/c1-5-17(6-2)14-13(16-15(22-14)23(4,18)19)24(20,21)12-9-7-11(3)8-10-12/h7-10H,5-6H2,1-4H3. The fourth-order valence-corrected chi connectivity index (χ4v) is 5.93. The van der Waals surface area contributed by atoms with Crippen molar-refractivity contribution in [3.63, 3.8) is 0 Å². The molecule has 0 saturated heterocycles. The summed E-state index contributed by atoms with van der Waals surface area (Å²) in [5, 5.41) is 0.168. The van der Waals surface area contributed by atoms with Crippen LogP contribution in [0, 0.1) is 6.92 Å². The molecule has 0 bridgehead atoms. The Bertz CT molecular complexity index is 926. The van der Waals surface area contributed by atoms with E-state index in [1.165, 1.54) is 12.1 Å². The zero-order valence-corrected chi connectivity index (χ0v) is 16.4. The van der Waals surface area contributed by atoms with E-state index in [4.69, 9.17) is 0 Å². The van der Waals surface area contributed by atoms with E-state index in [0.29, 0.717) is 18.1 Å². The molecule has 0 unspecified atom stereocenters. The molecule has 0 aliphatic carbocycles. The minimum Gasteiger partial charge on any atom is -0.362 e. The molecule has 9 heteroatoms. The Hall–Kier alpha value is -1.45. The molecular weight excluding hydrogens is 368 g/mol. The second-order valence-corrected chi connectivity index (χ2v) is 10.4. The van der Waals surface area contributed by atoms with Crippen LogP contribution in [0.5, 0.6) is 0 Å². The van der Waals surface area contributed by atoms with Crippen LogP contribution in [-0.4, -0.2) is 41.2 Å². The molecule has 132 valence electrons. The number of sulfone groups is 2. The highest BCUT2D eigenvalue weighted by Gasteiger charge is 2.30. The van der Waals surface area contributed by atoms with Crippen LogP contribution < -0.4 is 4.90 Å². The SMILES string of the molecule is CCN(CC)c1sc(S(C)(=O)=O)nc1S(=O)(=O)c1ccc(C)cc1. The number of aryl methyl sites for hydroxylation is 1. The first kappa shape index (κ1) is 18.9. The first-order chi connectivity index (χ1) is 11.1. The lowest BCUT2D eigenvalue weighted by molar-refractivity contribution is 0.590. The van der Waals surface area contributed by atoms with E-state index in [0.717, 1.165) is 23.2 Å². The number of thiazole rings is 1. The van der Waals surface area contributed by atoms with E-state index in [1.807, 2.05) is 20.8 Å². The lowest BCUT2D eigenvalue weighted by Crippen LogP contribution is -2.22. The van der Waals surface area contributed by atoms with Gasteiger partial charge in [0.15, 0.2) is 5.03 Å². The molecule has 24 heavy (non-hydrogen) atoms. The molecule has 0 N–H and O–H groups in total. The molecule has 6 nitrogen and oxygen atoms in total. The van der Waals surface area contributed by atoms with Crippen molar-refractivity contribution in [2.45, 2.75) is 35.0 Å². The molecular formula is C15H20N2O4S3. The van der Waals surface area contributed by atoms with Crippen LogP contribution >= 0.6 is 11.3 Å². The summed E-state index contributed by atoms with van der Waals surface area (Å²) >= 11 is 0.896. The Morgan fingerprint density at radius 1 is 1.04 bits per heavy atom. The molecule has 0 aliphatic heterocycles. The Kier molecular flexibility index (Phi) is 5.36. The van der Waals surface area contributed by atoms with Gasteiger partial charge in [0.1, 0.15) is 5.00 Å². The van der Waals surface area contributed by atoms with Crippen LogP contribution in [0.25, 0.3) is 0 Å². The molecule has 1 heterocycles. The first-order valence-electron chi connectivity index (χ1n) is 7.38. The molecule has 2 rings (SSSR count). The van der Waals surface area contributed by atoms with Gasteiger partial charge < -0.3 is 4.90 Å². The van der Waals surface area contributed by atoms with E-state index in [1.54, 1.807) is 17.0 Å². The van der Waals surface area contributed by atoms with E-state index in [-0.39, 0.29) is 14.3 Å². The number of aromatic nitrogens is 1. The Balaban J connectivity index is 2.71. The summed E-state index contributed by atoms with van der Waals surface area (Å²) in [6.07, 6.45) is 1.03. The highest BCUT2D eigenvalue weighted by atomic mass is 32.2. The Labute approximate surface area is 147 Å². The van der Waals surface area contributed by atoms with E-state index < -0.39 is 19.7 Å². The van der Waals surface area contributed by atoms with Gasteiger partial charge in [-0.05, 0) is 32.9 Å². The molecule has 1 aromatic carbocycles. The average molecular weight is 389 g/mol. The topological polar surface area (TPSA) is 84.4 Å². The van der Waals surface area contributed by atoms with E-state index in [9.17, 15) is 16.8 Å². The minimum absolute atomic E-state index is 0.104. The molecule has 0 radical (unpaired) electrons. The number of hydrogen-bond acceptors (Lipinski definition) is 7. The first-order valence-corrected chi connectivity index (χ1v) is 11.6. The third kappa shape index (κ3) is 3.62. The lowest BCUT2D eigenvalue weighted by atomic mass is 10.2. The van der Waals surface area contributed by atoms with Gasteiger partial charge in [0, 0.05) is 19.3 Å². The summed E-state index contributed by atoms with van der Waals surface area (Å²) in [6, 6.07) is 6.42. The highest BCUT2D eigenvalue weighted by Crippen LogP contribution is 2.37. The summed E-state index contributed by atoms with van der Waals surface area (Å²) in [4.78, 5) is 5.87. The quantitative estimate of drug-likeness (QED) is 0.756. The number of hydrogen-bond donors (Lipinski definition) is 0. The van der Waals surface area contributed by atoms with Gasteiger partial charge in [-0.15, -0.1) is 0 Å². The third-order valence-corrected chi connectivity index (χ3v) is 8.12. The fraction of sp³-hybridized carbons (Fsp3) is 0.400. The van der Waals surface area contributed by atoms with Gasteiger partial charge in [-0.25, -0.2) is 21.8 Å². The maximum atomic E-state index is 13.0. The number of nitrogens with zero attached hydrogens (tertiary/aromatic N) is 2. The summed E-state index contributed by atoms with van der Waals surface area (Å²) in [7, 11) is -7.49. The minimum atomic E-state index is -3.90. The number of rotatable bonds is 6. The van der Waals surface area contributed by atoms with Crippen LogP contribution in [0.3, 0.4) is 0 Å². The monoisotopic (exact) mass is 388 g/mol. The van der Waals surface area contributed by atoms with Crippen molar-refractivity contribution in [1.82, 2.24) is 4.98 Å². The van der Waals surface area contributed by atoms with Crippen molar-refractivity contribution in [3.8, 4) is 0 Å². The molecule has 0 saturated carbocycles. The lowest BCUT2D eigenvalue weighted by Gasteiger charge is -2.19. The van der Waals surface area contributed by atoms with Crippen LogP contribution in [0.4, 0.5) is 5.00 Å². The van der Waals surface area contributed by atoms with E-state index >= 15 is 0 Å². The van der Waals surface area contributed by atoms with Crippen LogP contribution in [-0.2, 0) is 19.7 Å². The number of anilines is 1. The largest absolute Gasteiger partial charge is 0.362 e. The van der Waals surface area contributed by atoms with Gasteiger partial charge in [0.2, 0.25) is 24.0 Å². The summed E-state index contributed by atoms with van der Waals surface area (Å²) in [5.41, 5.74) is 0.938.